The quantitative estimate of drug-likeness (QED) is 0.236. The zero-order chi connectivity index (χ0) is 29.7. The van der Waals surface area contributed by atoms with E-state index in [1.165, 1.54) is 43.8 Å². The fraction of sp³-hybridized carbons (Fsp3) is 0.171. The first-order chi connectivity index (χ1) is 20.9. The molecule has 0 N–H and O–H groups in total. The summed E-state index contributed by atoms with van der Waals surface area (Å²) in [5, 5.41) is 6.87. The van der Waals surface area contributed by atoms with Gasteiger partial charge in [-0.15, -0.1) is 0 Å². The van der Waals surface area contributed by atoms with Crippen molar-refractivity contribution in [2.45, 2.75) is 34.2 Å². The largest absolute Gasteiger partial charge is 1.00 e. The number of halogens is 2. The summed E-state index contributed by atoms with van der Waals surface area (Å²) in [6.07, 6.45) is 5.17. The molecule has 2 atom stereocenters. The Hall–Kier alpha value is -2.74. The maximum atomic E-state index is 2.64. The van der Waals surface area contributed by atoms with Crippen LogP contribution in [0, 0.1) is 11.8 Å². The molecule has 0 radical (unpaired) electrons. The Morgan fingerprint density at radius 3 is 1.36 bits per heavy atom. The number of hydrogen-bond donors (Lipinski definition) is 0. The topological polar surface area (TPSA) is 0 Å². The Bertz CT molecular complexity index is 1960. The van der Waals surface area contributed by atoms with E-state index in [1.807, 2.05) is 6.56 Å². The van der Waals surface area contributed by atoms with Crippen molar-refractivity contribution >= 4 is 43.3 Å². The molecular weight excluding hydrogens is 683 g/mol. The van der Waals surface area contributed by atoms with Crippen molar-refractivity contribution in [1.82, 2.24) is 0 Å². The Balaban J connectivity index is 0.00000200. The number of fused-ring (bicyclic) bond motifs is 2. The van der Waals surface area contributed by atoms with Gasteiger partial charge in [0.2, 0.25) is 0 Å². The third-order valence-corrected chi connectivity index (χ3v) is 29.1. The van der Waals surface area contributed by atoms with Crippen LogP contribution in [0.3, 0.4) is 0 Å². The first-order valence-corrected chi connectivity index (χ1v) is 23.7. The van der Waals surface area contributed by atoms with E-state index in [0.29, 0.717) is 11.8 Å². The van der Waals surface area contributed by atoms with Gasteiger partial charge in [-0.3, -0.25) is 0 Å². The molecule has 2 unspecified atom stereocenters. The van der Waals surface area contributed by atoms with Crippen LogP contribution in [-0.2, 0) is 20.4 Å². The van der Waals surface area contributed by atoms with Crippen molar-refractivity contribution in [2.24, 2.45) is 11.8 Å². The van der Waals surface area contributed by atoms with Crippen LogP contribution in [0.15, 0.2) is 145 Å². The van der Waals surface area contributed by atoms with Gasteiger partial charge < -0.3 is 24.8 Å². The molecule has 0 spiro atoms. The number of hydrogen-bond acceptors (Lipinski definition) is 0. The average molecular weight is 721 g/mol. The number of benzene rings is 5. The zero-order valence-electron chi connectivity index (χ0n) is 26.5. The third-order valence-electron chi connectivity index (χ3n) is 9.60. The van der Waals surface area contributed by atoms with E-state index < -0.39 is 25.8 Å². The van der Waals surface area contributed by atoms with Gasteiger partial charge in [0, 0.05) is 0 Å². The van der Waals surface area contributed by atoms with Gasteiger partial charge >= 0.3 is 266 Å². The van der Waals surface area contributed by atoms with E-state index in [9.17, 15) is 0 Å². The molecule has 0 aliphatic heterocycles. The van der Waals surface area contributed by atoms with Crippen molar-refractivity contribution < 1.29 is 45.2 Å². The summed E-state index contributed by atoms with van der Waals surface area (Å²) in [4.78, 5) is 0. The summed E-state index contributed by atoms with van der Waals surface area (Å²) in [6, 6.07) is 43.1. The molecule has 224 valence electrons. The fourth-order valence-electron chi connectivity index (χ4n) is 7.44. The Morgan fingerprint density at radius 2 is 0.911 bits per heavy atom. The maximum Gasteiger partial charge on any atom is -1.00 e. The second kappa shape index (κ2) is 13.9. The molecule has 7 rings (SSSR count). The molecule has 0 nitrogen and oxygen atoms in total. The van der Waals surface area contributed by atoms with Crippen molar-refractivity contribution in [3.8, 4) is 0 Å². The van der Waals surface area contributed by atoms with Gasteiger partial charge in [0.05, 0.1) is 0 Å². The van der Waals surface area contributed by atoms with Crippen LogP contribution >= 0.6 is 0 Å². The van der Waals surface area contributed by atoms with Crippen LogP contribution in [-0.4, -0.2) is 5.43 Å². The molecule has 4 heteroatoms. The maximum absolute atomic E-state index is 2.64. The molecule has 0 bridgehead atoms. The van der Waals surface area contributed by atoms with Crippen LogP contribution < -0.4 is 30.0 Å². The van der Waals surface area contributed by atoms with Crippen molar-refractivity contribution in [3.05, 3.63) is 156 Å². The van der Waals surface area contributed by atoms with Crippen LogP contribution in [0.2, 0.25) is 6.55 Å². The predicted molar refractivity (Wildman–Crippen MR) is 185 cm³/mol. The van der Waals surface area contributed by atoms with Gasteiger partial charge in [-0.1, -0.05) is 0 Å². The van der Waals surface area contributed by atoms with Gasteiger partial charge in [0.1, 0.15) is 0 Å². The van der Waals surface area contributed by atoms with Gasteiger partial charge in [-0.25, -0.2) is 0 Å². The smallest absolute Gasteiger partial charge is 1.00 e. The van der Waals surface area contributed by atoms with Crippen LogP contribution in [0.5, 0.6) is 0 Å². The minimum Gasteiger partial charge on any atom is -1.00 e. The molecule has 0 amide bonds. The summed E-state index contributed by atoms with van der Waals surface area (Å²) in [5.74, 6) is 0.966. The Kier molecular flexibility index (Phi) is 10.4. The van der Waals surface area contributed by atoms with Crippen molar-refractivity contribution in [3.63, 3.8) is 0 Å². The summed E-state index contributed by atoms with van der Waals surface area (Å²) in [5.41, 5.74) is 8.00. The van der Waals surface area contributed by atoms with Crippen LogP contribution in [0.25, 0.3) is 32.7 Å². The standard InChI is InChI=1S/2C17H15.C7H8Si.2ClH.Zr/c2*1-12-9-13(2)17(10-12)16-8-7-14-5-3-4-6-15(14)11-16;1-8-7-5-3-2-4-6-7;;;/h2*3-8,10-12H,1-2H3;2-6H,1H3;2*1H;/q;;;;;+2/p-2. The van der Waals surface area contributed by atoms with Crippen LogP contribution in [0.1, 0.15) is 38.8 Å². The van der Waals surface area contributed by atoms with Crippen molar-refractivity contribution in [1.29, 1.82) is 0 Å². The van der Waals surface area contributed by atoms with E-state index >= 15 is 0 Å². The monoisotopic (exact) mass is 718 g/mol. The average Bonchev–Trinajstić information content (AvgIpc) is 3.50. The molecule has 0 aromatic heterocycles. The third kappa shape index (κ3) is 6.20. The van der Waals surface area contributed by atoms with Gasteiger partial charge in [0.15, 0.2) is 0 Å². The first-order valence-electron chi connectivity index (χ1n) is 15.5. The zero-order valence-corrected chi connectivity index (χ0v) is 31.5. The van der Waals surface area contributed by atoms with Gasteiger partial charge in [0.25, 0.3) is 0 Å². The van der Waals surface area contributed by atoms with E-state index in [0.717, 1.165) is 0 Å². The summed E-state index contributed by atoms with van der Waals surface area (Å²) >= 11 is -2.38. The molecule has 0 saturated carbocycles. The molecule has 0 fully saturated rings. The Labute approximate surface area is 288 Å². The minimum atomic E-state index is -2.38. The molecule has 0 saturated heterocycles. The molecule has 0 heterocycles. The van der Waals surface area contributed by atoms with Gasteiger partial charge in [-0.2, -0.15) is 0 Å². The van der Waals surface area contributed by atoms with E-state index in [1.54, 1.807) is 16.3 Å². The minimum absolute atomic E-state index is 0. The molecular formula is C41H38Cl2SiZr. The van der Waals surface area contributed by atoms with E-state index in [4.69, 9.17) is 0 Å². The molecule has 5 aromatic rings. The number of rotatable bonds is 5. The summed E-state index contributed by atoms with van der Waals surface area (Å²) in [6.45, 7) is 12.5. The first kappa shape index (κ1) is 33.6. The van der Waals surface area contributed by atoms with Gasteiger partial charge in [-0.05, 0) is 0 Å². The normalized spacial score (nSPS) is 17.4. The second-order valence-corrected chi connectivity index (χ2v) is 27.1. The molecule has 2 aliphatic rings. The molecule has 45 heavy (non-hydrogen) atoms. The summed E-state index contributed by atoms with van der Waals surface area (Å²) < 4.78 is 3.64. The van der Waals surface area contributed by atoms with E-state index in [2.05, 4.69) is 162 Å². The number of allylic oxidation sites excluding steroid dienone is 8. The second-order valence-electron chi connectivity index (χ2n) is 12.3. The van der Waals surface area contributed by atoms with Crippen LogP contribution in [0.4, 0.5) is 0 Å². The predicted octanol–water partition coefficient (Wildman–Crippen LogP) is 4.46. The SMILES string of the molecule is CC1=[C]([Zr+2]([C]2=C(C)C(c3ccc4ccccc4c3)=CC2C)=[Si](C)c2ccccc2)C(C)C=C1c1ccc2ccccc2c1.[Cl-].[Cl-]. The van der Waals surface area contributed by atoms with E-state index in [-0.39, 0.29) is 24.8 Å². The van der Waals surface area contributed by atoms with Crippen molar-refractivity contribution in [2.75, 3.05) is 0 Å². The molecule has 2 aliphatic carbocycles. The molecule has 5 aromatic carbocycles. The fourth-order valence-corrected chi connectivity index (χ4v) is 29.3. The Morgan fingerprint density at radius 1 is 0.511 bits per heavy atom. The summed E-state index contributed by atoms with van der Waals surface area (Å²) in [7, 11) is 0.